The number of hydrogen-bond donors (Lipinski definition) is 1. The highest BCUT2D eigenvalue weighted by atomic mass is 32.2. The minimum Gasteiger partial charge on any atom is -0.481 e. The number of carboxylic acid groups (broad SMARTS) is 1. The van der Waals surface area contributed by atoms with E-state index in [0.717, 1.165) is 35.2 Å². The van der Waals surface area contributed by atoms with Crippen molar-refractivity contribution < 1.29 is 14.1 Å². The van der Waals surface area contributed by atoms with Crippen molar-refractivity contribution in [1.82, 2.24) is 9.55 Å². The Bertz CT molecular complexity index is 504. The van der Waals surface area contributed by atoms with Gasteiger partial charge in [0.15, 0.2) is 5.16 Å². The van der Waals surface area contributed by atoms with Gasteiger partial charge in [-0.3, -0.25) is 9.00 Å². The normalized spacial score (nSPS) is 23.1. The molecule has 1 aromatic rings. The van der Waals surface area contributed by atoms with E-state index in [1.807, 2.05) is 6.20 Å². The lowest BCUT2D eigenvalue weighted by atomic mass is 10.1. The largest absolute Gasteiger partial charge is 0.481 e. The van der Waals surface area contributed by atoms with Crippen LogP contribution in [0.1, 0.15) is 44.3 Å². The first-order chi connectivity index (χ1) is 9.49. The predicted molar refractivity (Wildman–Crippen MR) is 80.8 cm³/mol. The number of rotatable bonds is 5. The average Bonchev–Trinajstić information content (AvgIpc) is 2.81. The topological polar surface area (TPSA) is 72.2 Å². The van der Waals surface area contributed by atoms with Gasteiger partial charge in [0.25, 0.3) is 0 Å². The van der Waals surface area contributed by atoms with Crippen LogP contribution in [0, 0.1) is 0 Å². The van der Waals surface area contributed by atoms with Crippen molar-refractivity contribution in [3.05, 3.63) is 11.9 Å². The molecule has 1 saturated heterocycles. The van der Waals surface area contributed by atoms with Gasteiger partial charge in [-0.2, -0.15) is 0 Å². The third-order valence-electron chi connectivity index (χ3n) is 3.43. The molecule has 0 spiro atoms. The van der Waals surface area contributed by atoms with E-state index in [2.05, 4.69) is 23.4 Å². The van der Waals surface area contributed by atoms with Crippen molar-refractivity contribution in [2.24, 2.45) is 0 Å². The van der Waals surface area contributed by atoms with Crippen LogP contribution >= 0.6 is 11.8 Å². The molecule has 2 heterocycles. The van der Waals surface area contributed by atoms with Crippen molar-refractivity contribution in [3.63, 3.8) is 0 Å². The highest BCUT2D eigenvalue weighted by Gasteiger charge is 2.25. The lowest BCUT2D eigenvalue weighted by Crippen LogP contribution is -2.24. The molecule has 0 aromatic carbocycles. The molecule has 20 heavy (non-hydrogen) atoms. The van der Waals surface area contributed by atoms with Gasteiger partial charge in [0.2, 0.25) is 0 Å². The monoisotopic (exact) mass is 316 g/mol. The molecule has 5 nitrogen and oxygen atoms in total. The molecule has 2 rings (SSSR count). The first-order valence-electron chi connectivity index (χ1n) is 6.75. The Morgan fingerprint density at radius 1 is 1.55 bits per heavy atom. The Morgan fingerprint density at radius 3 is 2.75 bits per heavy atom. The van der Waals surface area contributed by atoms with Crippen LogP contribution < -0.4 is 0 Å². The molecule has 112 valence electrons. The van der Waals surface area contributed by atoms with Gasteiger partial charge in [0, 0.05) is 40.2 Å². The van der Waals surface area contributed by atoms with Crippen LogP contribution in [0.4, 0.5) is 0 Å². The standard InChI is InChI=1S/C13H20N2O3S2/c1-9(2)11-7-14-13(19-8-12(16)17)15(11)10-3-5-20(18)6-4-10/h7,9-10H,3-6,8H2,1-2H3,(H,16,17). The molecule has 0 unspecified atom stereocenters. The summed E-state index contributed by atoms with van der Waals surface area (Å²) in [7, 11) is -0.692. The quantitative estimate of drug-likeness (QED) is 0.844. The van der Waals surface area contributed by atoms with E-state index in [4.69, 9.17) is 5.11 Å². The zero-order valence-electron chi connectivity index (χ0n) is 11.7. The second kappa shape index (κ2) is 6.76. The maximum Gasteiger partial charge on any atom is 0.313 e. The van der Waals surface area contributed by atoms with Gasteiger partial charge in [-0.25, -0.2) is 4.98 Å². The molecule has 0 atom stereocenters. The van der Waals surface area contributed by atoms with Gasteiger partial charge in [-0.05, 0) is 18.8 Å². The summed E-state index contributed by atoms with van der Waals surface area (Å²) in [6, 6.07) is 0.295. The summed E-state index contributed by atoms with van der Waals surface area (Å²) in [5.41, 5.74) is 1.13. The molecule has 1 N–H and O–H groups in total. The molecule has 1 aromatic heterocycles. The lowest BCUT2D eigenvalue weighted by molar-refractivity contribution is -0.133. The van der Waals surface area contributed by atoms with Gasteiger partial charge >= 0.3 is 5.97 Å². The molecule has 1 fully saturated rings. The smallest absolute Gasteiger partial charge is 0.313 e. The third kappa shape index (κ3) is 3.63. The first-order valence-corrected chi connectivity index (χ1v) is 9.23. The van der Waals surface area contributed by atoms with Crippen LogP contribution in [0.2, 0.25) is 0 Å². The van der Waals surface area contributed by atoms with E-state index in [9.17, 15) is 9.00 Å². The maximum atomic E-state index is 11.5. The van der Waals surface area contributed by atoms with Crippen molar-refractivity contribution in [2.45, 2.75) is 43.8 Å². The number of aromatic nitrogens is 2. The minimum atomic E-state index is -0.833. The Kier molecular flexibility index (Phi) is 5.26. The number of hydrogen-bond acceptors (Lipinski definition) is 4. The second-order valence-electron chi connectivity index (χ2n) is 5.25. The number of aliphatic carboxylic acids is 1. The fourth-order valence-electron chi connectivity index (χ4n) is 2.42. The number of imidazole rings is 1. The van der Waals surface area contributed by atoms with Gasteiger partial charge in [-0.1, -0.05) is 25.6 Å². The Balaban J connectivity index is 2.24. The van der Waals surface area contributed by atoms with E-state index >= 15 is 0 Å². The summed E-state index contributed by atoms with van der Waals surface area (Å²) in [5.74, 6) is 0.981. The van der Waals surface area contributed by atoms with E-state index in [0.29, 0.717) is 12.0 Å². The van der Waals surface area contributed by atoms with Gasteiger partial charge in [-0.15, -0.1) is 0 Å². The highest BCUT2D eigenvalue weighted by Crippen LogP contribution is 2.32. The summed E-state index contributed by atoms with van der Waals surface area (Å²) in [5, 5.41) is 9.60. The van der Waals surface area contributed by atoms with Crippen molar-refractivity contribution in [1.29, 1.82) is 0 Å². The fraction of sp³-hybridized carbons (Fsp3) is 0.692. The summed E-state index contributed by atoms with van der Waals surface area (Å²) < 4.78 is 13.7. The SMILES string of the molecule is CC(C)c1cnc(SCC(=O)O)n1C1CCS(=O)CC1. The Hall–Kier alpha value is -0.820. The third-order valence-corrected chi connectivity index (χ3v) is 5.76. The highest BCUT2D eigenvalue weighted by molar-refractivity contribution is 7.99. The van der Waals surface area contributed by atoms with Crippen LogP contribution in [0.25, 0.3) is 0 Å². The lowest BCUT2D eigenvalue weighted by Gasteiger charge is -2.27. The molecular weight excluding hydrogens is 296 g/mol. The van der Waals surface area contributed by atoms with Crippen molar-refractivity contribution in [3.8, 4) is 0 Å². The maximum absolute atomic E-state index is 11.5. The number of carboxylic acids is 1. The fourth-order valence-corrected chi connectivity index (χ4v) is 4.47. The van der Waals surface area contributed by atoms with Crippen LogP contribution in [-0.2, 0) is 15.6 Å². The van der Waals surface area contributed by atoms with E-state index in [1.165, 1.54) is 11.8 Å². The molecule has 0 aliphatic carbocycles. The van der Waals surface area contributed by atoms with Crippen LogP contribution in [0.3, 0.4) is 0 Å². The molecule has 0 amide bonds. The Morgan fingerprint density at radius 2 is 2.20 bits per heavy atom. The molecule has 1 aliphatic heterocycles. The minimum absolute atomic E-state index is 0.0210. The molecule has 7 heteroatoms. The van der Waals surface area contributed by atoms with Crippen LogP contribution in [0.15, 0.2) is 11.4 Å². The second-order valence-corrected chi connectivity index (χ2v) is 7.89. The van der Waals surface area contributed by atoms with E-state index in [-0.39, 0.29) is 5.75 Å². The zero-order valence-corrected chi connectivity index (χ0v) is 13.4. The zero-order chi connectivity index (χ0) is 14.7. The number of thioether (sulfide) groups is 1. The molecule has 0 saturated carbocycles. The molecular formula is C13H20N2O3S2. The Labute approximate surface area is 125 Å². The van der Waals surface area contributed by atoms with E-state index in [1.54, 1.807) is 0 Å². The van der Waals surface area contributed by atoms with E-state index < -0.39 is 16.8 Å². The van der Waals surface area contributed by atoms with Crippen LogP contribution in [0.5, 0.6) is 0 Å². The van der Waals surface area contributed by atoms with Crippen molar-refractivity contribution in [2.75, 3.05) is 17.3 Å². The van der Waals surface area contributed by atoms with Crippen LogP contribution in [-0.4, -0.2) is 42.1 Å². The van der Waals surface area contributed by atoms with Gasteiger partial charge in [0.05, 0.1) is 5.75 Å². The number of nitrogens with zero attached hydrogens (tertiary/aromatic N) is 2. The average molecular weight is 316 g/mol. The number of carbonyl (C=O) groups is 1. The van der Waals surface area contributed by atoms with Gasteiger partial charge < -0.3 is 9.67 Å². The predicted octanol–water partition coefficient (Wildman–Crippen LogP) is 2.27. The summed E-state index contributed by atoms with van der Waals surface area (Å²) in [6.45, 7) is 4.22. The van der Waals surface area contributed by atoms with Gasteiger partial charge in [0.1, 0.15) is 0 Å². The summed E-state index contributed by atoms with van der Waals surface area (Å²) in [6.07, 6.45) is 3.60. The first kappa shape index (κ1) is 15.6. The molecule has 0 radical (unpaired) electrons. The summed E-state index contributed by atoms with van der Waals surface area (Å²) in [4.78, 5) is 15.1. The summed E-state index contributed by atoms with van der Waals surface area (Å²) >= 11 is 1.26. The van der Waals surface area contributed by atoms with Crippen molar-refractivity contribution >= 4 is 28.5 Å². The molecule has 0 bridgehead atoms. The molecule has 1 aliphatic rings.